The van der Waals surface area contributed by atoms with Gasteiger partial charge >= 0.3 is 0 Å². The number of anilines is 1. The molecule has 3 heterocycles. The lowest BCUT2D eigenvalue weighted by molar-refractivity contribution is -0.0432. The molecule has 8 nitrogen and oxygen atoms in total. The van der Waals surface area contributed by atoms with Gasteiger partial charge in [-0.2, -0.15) is 0 Å². The third-order valence-electron chi connectivity index (χ3n) is 3.83. The van der Waals surface area contributed by atoms with E-state index in [2.05, 4.69) is 26.3 Å². The van der Waals surface area contributed by atoms with Crippen LogP contribution in [0.5, 0.6) is 0 Å². The second kappa shape index (κ2) is 6.61. The lowest BCUT2D eigenvalue weighted by Gasteiger charge is -2.13. The van der Waals surface area contributed by atoms with Crippen LogP contribution in [0, 0.1) is 0 Å². The van der Waals surface area contributed by atoms with E-state index in [9.17, 15) is 10.2 Å². The van der Waals surface area contributed by atoms with E-state index in [0.29, 0.717) is 29.9 Å². The number of aromatic nitrogens is 4. The van der Waals surface area contributed by atoms with Crippen molar-refractivity contribution in [2.24, 2.45) is 0 Å². The minimum absolute atomic E-state index is 0.214. The monoisotopic (exact) mass is 319 g/mol. The summed E-state index contributed by atoms with van der Waals surface area (Å²) < 4.78 is 7.43. The minimum Gasteiger partial charge on any atom is -0.394 e. The fourth-order valence-corrected chi connectivity index (χ4v) is 2.59. The molecule has 0 aromatic carbocycles. The highest BCUT2D eigenvalue weighted by Gasteiger charge is 2.35. The summed E-state index contributed by atoms with van der Waals surface area (Å²) in [6, 6.07) is 0. The summed E-state index contributed by atoms with van der Waals surface area (Å²) >= 11 is 0. The summed E-state index contributed by atoms with van der Waals surface area (Å²) in [5.41, 5.74) is 2.51. The Morgan fingerprint density at radius 2 is 2.26 bits per heavy atom. The molecule has 0 aliphatic carbocycles. The molecule has 1 aliphatic heterocycles. The van der Waals surface area contributed by atoms with E-state index in [0.717, 1.165) is 0 Å². The van der Waals surface area contributed by atoms with E-state index in [1.807, 2.05) is 13.8 Å². The highest BCUT2D eigenvalue weighted by molar-refractivity contribution is 5.82. The maximum atomic E-state index is 9.88. The van der Waals surface area contributed by atoms with Gasteiger partial charge in [-0.3, -0.25) is 4.57 Å². The zero-order valence-electron chi connectivity index (χ0n) is 13.2. The van der Waals surface area contributed by atoms with Crippen LogP contribution in [0.4, 0.5) is 5.82 Å². The zero-order chi connectivity index (χ0) is 16.4. The summed E-state index contributed by atoms with van der Waals surface area (Å²) in [6.45, 7) is 4.51. The topological polar surface area (TPSA) is 105 Å². The molecular weight excluding hydrogens is 298 g/mol. The molecule has 0 bridgehead atoms. The molecule has 3 N–H and O–H groups in total. The van der Waals surface area contributed by atoms with Gasteiger partial charge in [-0.15, -0.1) is 0 Å². The first-order valence-corrected chi connectivity index (χ1v) is 7.59. The van der Waals surface area contributed by atoms with E-state index in [-0.39, 0.29) is 6.61 Å². The van der Waals surface area contributed by atoms with Gasteiger partial charge in [0.15, 0.2) is 17.0 Å². The van der Waals surface area contributed by atoms with Gasteiger partial charge in [-0.25, -0.2) is 15.0 Å². The molecule has 1 aliphatic rings. The van der Waals surface area contributed by atoms with Gasteiger partial charge < -0.3 is 20.3 Å². The number of nitrogens with zero attached hydrogens (tertiary/aromatic N) is 4. The fraction of sp³-hybridized carbons (Fsp3) is 0.533. The average Bonchev–Trinajstić information content (AvgIpc) is 3.10. The van der Waals surface area contributed by atoms with Crippen molar-refractivity contribution in [1.29, 1.82) is 0 Å². The third-order valence-corrected chi connectivity index (χ3v) is 3.83. The fourth-order valence-electron chi connectivity index (χ4n) is 2.59. The Balaban J connectivity index is 1.85. The molecule has 1 fully saturated rings. The SMILES string of the molecule is CC(C)=CCNc1ncnc2c1ncn2[C@H]1CC(O)[C@@H](CO)O1. The van der Waals surface area contributed by atoms with E-state index >= 15 is 0 Å². The molecule has 3 atom stereocenters. The van der Waals surface area contributed by atoms with Gasteiger partial charge in [0.25, 0.3) is 0 Å². The Kier molecular flexibility index (Phi) is 4.56. The molecule has 0 radical (unpaired) electrons. The summed E-state index contributed by atoms with van der Waals surface area (Å²) in [4.78, 5) is 12.9. The van der Waals surface area contributed by atoms with Crippen molar-refractivity contribution in [2.45, 2.75) is 38.7 Å². The van der Waals surface area contributed by atoms with Crippen molar-refractivity contribution in [2.75, 3.05) is 18.5 Å². The second-order valence-electron chi connectivity index (χ2n) is 5.82. The molecule has 8 heteroatoms. The van der Waals surface area contributed by atoms with Crippen LogP contribution in [0.25, 0.3) is 11.2 Å². The molecule has 2 aromatic heterocycles. The van der Waals surface area contributed by atoms with Crippen molar-refractivity contribution in [3.63, 3.8) is 0 Å². The van der Waals surface area contributed by atoms with E-state index in [1.54, 1.807) is 10.9 Å². The summed E-state index contributed by atoms with van der Waals surface area (Å²) in [7, 11) is 0. The summed E-state index contributed by atoms with van der Waals surface area (Å²) in [6.07, 6.45) is 3.89. The number of rotatable bonds is 5. The summed E-state index contributed by atoms with van der Waals surface area (Å²) in [5, 5.41) is 22.3. The Morgan fingerprint density at radius 1 is 1.43 bits per heavy atom. The Hall–Kier alpha value is -2.03. The van der Waals surface area contributed by atoms with Gasteiger partial charge in [-0.05, 0) is 13.8 Å². The van der Waals surface area contributed by atoms with Crippen molar-refractivity contribution in [3.8, 4) is 0 Å². The van der Waals surface area contributed by atoms with Gasteiger partial charge in [-0.1, -0.05) is 11.6 Å². The van der Waals surface area contributed by atoms with Crippen LogP contribution >= 0.6 is 0 Å². The van der Waals surface area contributed by atoms with Crippen LogP contribution in [-0.2, 0) is 4.74 Å². The van der Waals surface area contributed by atoms with Crippen LogP contribution in [0.15, 0.2) is 24.3 Å². The van der Waals surface area contributed by atoms with Crippen LogP contribution in [0.2, 0.25) is 0 Å². The molecular formula is C15H21N5O3. The smallest absolute Gasteiger partial charge is 0.167 e. The number of allylic oxidation sites excluding steroid dienone is 1. The normalized spacial score (nSPS) is 24.1. The standard InChI is InChI=1S/C15H21N5O3/c1-9(2)3-4-16-14-13-15(18-7-17-14)20(8-19-13)12-5-10(22)11(6-21)23-12/h3,7-8,10-12,21-22H,4-6H2,1-2H3,(H,16,17,18)/t10?,11-,12-/m1/s1. The van der Waals surface area contributed by atoms with Crippen LogP contribution in [0.1, 0.15) is 26.5 Å². The minimum atomic E-state index is -0.695. The highest BCUT2D eigenvalue weighted by atomic mass is 16.5. The number of hydrogen-bond acceptors (Lipinski definition) is 7. The van der Waals surface area contributed by atoms with E-state index in [4.69, 9.17) is 4.74 Å². The first kappa shape index (κ1) is 15.9. The van der Waals surface area contributed by atoms with Crippen molar-refractivity contribution < 1.29 is 14.9 Å². The molecule has 1 unspecified atom stereocenters. The summed E-state index contributed by atoms with van der Waals surface area (Å²) in [5.74, 6) is 0.656. The molecule has 3 rings (SSSR count). The Labute approximate surface area is 133 Å². The highest BCUT2D eigenvalue weighted by Crippen LogP contribution is 2.31. The van der Waals surface area contributed by atoms with Crippen molar-refractivity contribution in [3.05, 3.63) is 24.3 Å². The predicted octanol–water partition coefficient (Wildman–Crippen LogP) is 0.845. The van der Waals surface area contributed by atoms with Crippen molar-refractivity contribution in [1.82, 2.24) is 19.5 Å². The lowest BCUT2D eigenvalue weighted by atomic mass is 10.2. The predicted molar refractivity (Wildman–Crippen MR) is 84.9 cm³/mol. The molecule has 23 heavy (non-hydrogen) atoms. The molecule has 2 aromatic rings. The molecule has 0 amide bonds. The number of imidazole rings is 1. The zero-order valence-corrected chi connectivity index (χ0v) is 13.2. The van der Waals surface area contributed by atoms with Gasteiger partial charge in [0.1, 0.15) is 18.7 Å². The third kappa shape index (κ3) is 3.19. The van der Waals surface area contributed by atoms with Crippen LogP contribution in [-0.4, -0.2) is 55.1 Å². The lowest BCUT2D eigenvalue weighted by Crippen LogP contribution is -2.24. The largest absolute Gasteiger partial charge is 0.394 e. The maximum Gasteiger partial charge on any atom is 0.167 e. The molecule has 124 valence electrons. The number of hydrogen-bond donors (Lipinski definition) is 3. The quantitative estimate of drug-likeness (QED) is 0.701. The Bertz CT molecular complexity index is 710. The van der Waals surface area contributed by atoms with Crippen LogP contribution in [0.3, 0.4) is 0 Å². The number of nitrogens with one attached hydrogen (secondary N) is 1. The second-order valence-corrected chi connectivity index (χ2v) is 5.82. The van der Waals surface area contributed by atoms with E-state index < -0.39 is 18.4 Å². The van der Waals surface area contributed by atoms with Crippen molar-refractivity contribution >= 4 is 17.0 Å². The number of fused-ring (bicyclic) bond motifs is 1. The first-order chi connectivity index (χ1) is 11.1. The van der Waals surface area contributed by atoms with E-state index in [1.165, 1.54) is 11.9 Å². The average molecular weight is 319 g/mol. The Morgan fingerprint density at radius 3 is 2.96 bits per heavy atom. The number of aliphatic hydroxyl groups is 2. The van der Waals surface area contributed by atoms with Gasteiger partial charge in [0.2, 0.25) is 0 Å². The number of aliphatic hydroxyl groups excluding tert-OH is 2. The van der Waals surface area contributed by atoms with Crippen LogP contribution < -0.4 is 5.32 Å². The molecule has 0 saturated carbocycles. The maximum absolute atomic E-state index is 9.88. The molecule has 0 spiro atoms. The molecule has 1 saturated heterocycles. The van der Waals surface area contributed by atoms with Gasteiger partial charge in [0, 0.05) is 13.0 Å². The first-order valence-electron chi connectivity index (χ1n) is 7.59. The van der Waals surface area contributed by atoms with Gasteiger partial charge in [0.05, 0.1) is 19.0 Å². The number of ether oxygens (including phenoxy) is 1.